The molecule has 0 bridgehead atoms. The molecule has 0 aliphatic heterocycles. The van der Waals surface area contributed by atoms with Gasteiger partial charge in [0.05, 0.1) is 0 Å². The Hall–Kier alpha value is -1.62. The van der Waals surface area contributed by atoms with Crippen LogP contribution in [-0.2, 0) is 20.4 Å². The van der Waals surface area contributed by atoms with E-state index in [0.29, 0.717) is 5.69 Å². The third kappa shape index (κ3) is 7.97. The Balaban J connectivity index is 0.00000149. The summed E-state index contributed by atoms with van der Waals surface area (Å²) in [5.74, 6) is 0. The fourth-order valence-corrected chi connectivity index (χ4v) is 2.88. The van der Waals surface area contributed by atoms with Crippen LogP contribution >= 0.6 is 0 Å². The maximum Gasteiger partial charge on any atom is 0.373 e. The van der Waals surface area contributed by atoms with Crippen LogP contribution in [0, 0.1) is 6.92 Å². The zero-order chi connectivity index (χ0) is 18.1. The summed E-state index contributed by atoms with van der Waals surface area (Å²) in [6.07, 6.45) is 2.97. The lowest BCUT2D eigenvalue weighted by molar-refractivity contribution is -0.191. The van der Waals surface area contributed by atoms with Crippen molar-refractivity contribution in [2.45, 2.75) is 58.7 Å². The molecule has 0 atom stereocenters. The van der Waals surface area contributed by atoms with Gasteiger partial charge in [-0.25, -0.2) is 0 Å². The van der Waals surface area contributed by atoms with Crippen molar-refractivity contribution < 1.29 is 18.8 Å². The van der Waals surface area contributed by atoms with E-state index >= 15 is 0 Å². The summed E-state index contributed by atoms with van der Waals surface area (Å²) in [4.78, 5) is 31.2. The molecule has 5 nitrogen and oxygen atoms in total. The molecule has 0 aliphatic rings. The van der Waals surface area contributed by atoms with Gasteiger partial charge in [-0.15, -0.1) is 0 Å². The minimum Gasteiger partial charge on any atom is -0.417 e. The minimum atomic E-state index is -1.64. The Kier molecular flexibility index (Phi) is 8.83. The summed E-state index contributed by atoms with van der Waals surface area (Å²) in [5, 5.41) is 0.255. The molecule has 1 heterocycles. The number of pyridine rings is 1. The number of aromatic nitrogens is 1. The van der Waals surface area contributed by atoms with Gasteiger partial charge in [0.15, 0.2) is 14.6 Å². The van der Waals surface area contributed by atoms with Gasteiger partial charge in [0.2, 0.25) is 0 Å². The van der Waals surface area contributed by atoms with Gasteiger partial charge in [-0.3, -0.25) is 9.78 Å². The van der Waals surface area contributed by atoms with Crippen LogP contribution in [0.5, 0.6) is 0 Å². The Morgan fingerprint density at radius 2 is 1.83 bits per heavy atom. The first-order valence-corrected chi connectivity index (χ1v) is 10.5. The molecule has 0 aliphatic carbocycles. The second-order valence-corrected chi connectivity index (χ2v) is 11.8. The van der Waals surface area contributed by atoms with E-state index in [-0.39, 0.29) is 11.2 Å². The van der Waals surface area contributed by atoms with Gasteiger partial charge in [-0.1, -0.05) is 20.8 Å². The highest BCUT2D eigenvalue weighted by Crippen LogP contribution is 2.36. The van der Waals surface area contributed by atoms with E-state index in [0.717, 1.165) is 31.4 Å². The molecule has 0 aromatic carbocycles. The molecule has 0 saturated heterocycles. The van der Waals surface area contributed by atoms with Crippen molar-refractivity contribution in [2.24, 2.45) is 0 Å². The van der Waals surface area contributed by atoms with E-state index < -0.39 is 8.32 Å². The molecule has 6 heteroatoms. The minimum absolute atomic E-state index is 0.250. The Bertz CT molecular complexity index is 544. The lowest BCUT2D eigenvalue weighted by Crippen LogP contribution is -2.41. The van der Waals surface area contributed by atoms with Crippen molar-refractivity contribution in [1.29, 1.82) is 0 Å². The molecule has 1 aromatic heterocycles. The van der Waals surface area contributed by atoms with E-state index in [1.807, 2.05) is 19.1 Å². The summed E-state index contributed by atoms with van der Waals surface area (Å²) >= 11 is 0. The molecular weight excluding hydrogens is 310 g/mol. The Morgan fingerprint density at radius 1 is 1.26 bits per heavy atom. The number of hydrogen-bond donors (Lipinski definition) is 0. The van der Waals surface area contributed by atoms with Crippen molar-refractivity contribution in [3.05, 3.63) is 29.1 Å². The molecule has 0 saturated carbocycles. The Labute approximate surface area is 139 Å². The van der Waals surface area contributed by atoms with Crippen LogP contribution in [0.2, 0.25) is 18.1 Å². The summed E-state index contributed by atoms with van der Waals surface area (Å²) in [6, 6.07) is 3.91. The van der Waals surface area contributed by atoms with Crippen molar-refractivity contribution >= 4 is 20.8 Å². The molecule has 0 fully saturated rings. The van der Waals surface area contributed by atoms with Crippen LogP contribution in [0.15, 0.2) is 12.1 Å². The van der Waals surface area contributed by atoms with E-state index in [4.69, 9.17) is 14.0 Å². The molecule has 0 N–H and O–H groups in total. The first kappa shape index (κ1) is 21.4. The van der Waals surface area contributed by atoms with E-state index in [9.17, 15) is 4.79 Å². The van der Waals surface area contributed by atoms with Crippen LogP contribution in [-0.4, -0.2) is 32.3 Å². The third-order valence-corrected chi connectivity index (χ3v) is 8.57. The summed E-state index contributed by atoms with van der Waals surface area (Å²) in [7, 11) is -1.64. The molecule has 23 heavy (non-hydrogen) atoms. The first-order valence-electron chi connectivity index (χ1n) is 7.63. The maximum atomic E-state index is 10.8. The van der Waals surface area contributed by atoms with Crippen LogP contribution < -0.4 is 0 Å². The van der Waals surface area contributed by atoms with E-state index in [1.165, 1.54) is 5.56 Å². The van der Waals surface area contributed by atoms with Gasteiger partial charge in [0.25, 0.3) is 0 Å². The van der Waals surface area contributed by atoms with Gasteiger partial charge in [0, 0.05) is 12.3 Å². The average molecular weight is 337 g/mol. The highest BCUT2D eigenvalue weighted by atomic mass is 28.4. The van der Waals surface area contributed by atoms with Crippen molar-refractivity contribution in [2.75, 3.05) is 6.61 Å². The molecule has 1 aromatic rings. The molecule has 0 spiro atoms. The topological polar surface area (TPSA) is 73.3 Å². The highest BCUT2D eigenvalue weighted by molar-refractivity contribution is 6.74. The molecular formula is C17H27NO4Si. The number of carbonyl (C=O) groups excluding carboxylic acids is 3. The maximum absolute atomic E-state index is 10.8. The second-order valence-electron chi connectivity index (χ2n) is 6.96. The summed E-state index contributed by atoms with van der Waals surface area (Å²) in [6.45, 7) is 14.0. The number of rotatable bonds is 6. The standard InChI is InChI=1S/C16H27NO2Si.CO2/c1-13-10-14(11-15(12-18)17-13)8-7-9-19-20(5,6)16(2,3)4;2-1-3/h10-12H,7-9H2,1-6H3;. The molecule has 1 rings (SSSR count). The monoisotopic (exact) mass is 337 g/mol. The quantitative estimate of drug-likeness (QED) is 0.451. The first-order chi connectivity index (χ1) is 10.6. The largest absolute Gasteiger partial charge is 0.417 e. The zero-order valence-electron chi connectivity index (χ0n) is 14.9. The Morgan fingerprint density at radius 3 is 2.30 bits per heavy atom. The van der Waals surface area contributed by atoms with Gasteiger partial charge in [-0.05, 0) is 55.6 Å². The smallest absolute Gasteiger partial charge is 0.373 e. The summed E-state index contributed by atoms with van der Waals surface area (Å²) in [5.41, 5.74) is 2.58. The predicted molar refractivity (Wildman–Crippen MR) is 90.8 cm³/mol. The number of aldehydes is 1. The number of hydrogen-bond acceptors (Lipinski definition) is 5. The predicted octanol–water partition coefficient (Wildman–Crippen LogP) is 3.57. The lowest BCUT2D eigenvalue weighted by Gasteiger charge is -2.36. The van der Waals surface area contributed by atoms with Crippen molar-refractivity contribution in [3.63, 3.8) is 0 Å². The van der Waals surface area contributed by atoms with Gasteiger partial charge in [-0.2, -0.15) is 9.59 Å². The van der Waals surface area contributed by atoms with Crippen LogP contribution in [0.1, 0.15) is 48.9 Å². The van der Waals surface area contributed by atoms with E-state index in [1.54, 1.807) is 0 Å². The van der Waals surface area contributed by atoms with Crippen molar-refractivity contribution in [1.82, 2.24) is 4.98 Å². The van der Waals surface area contributed by atoms with Gasteiger partial charge >= 0.3 is 6.15 Å². The van der Waals surface area contributed by atoms with Gasteiger partial charge < -0.3 is 4.43 Å². The normalized spacial score (nSPS) is 11.2. The fraction of sp³-hybridized carbons (Fsp3) is 0.588. The van der Waals surface area contributed by atoms with Crippen LogP contribution in [0.3, 0.4) is 0 Å². The third-order valence-electron chi connectivity index (χ3n) is 4.03. The molecule has 0 unspecified atom stereocenters. The molecule has 128 valence electrons. The molecule has 0 amide bonds. The number of aryl methyl sites for hydroxylation is 2. The number of carbonyl (C=O) groups is 1. The van der Waals surface area contributed by atoms with Crippen LogP contribution in [0.25, 0.3) is 0 Å². The zero-order valence-corrected chi connectivity index (χ0v) is 15.9. The van der Waals surface area contributed by atoms with Crippen molar-refractivity contribution in [3.8, 4) is 0 Å². The average Bonchev–Trinajstić information content (AvgIpc) is 2.42. The second kappa shape index (κ2) is 9.50. The van der Waals surface area contributed by atoms with Gasteiger partial charge in [0.1, 0.15) is 5.69 Å². The molecule has 0 radical (unpaired) electrons. The lowest BCUT2D eigenvalue weighted by atomic mass is 10.1. The SMILES string of the molecule is Cc1cc(CCCO[Si](C)(C)C(C)(C)C)cc(C=O)n1.O=C=O. The summed E-state index contributed by atoms with van der Waals surface area (Å²) < 4.78 is 6.16. The highest BCUT2D eigenvalue weighted by Gasteiger charge is 2.36. The fourth-order valence-electron chi connectivity index (χ4n) is 1.79. The number of nitrogens with zero attached hydrogens (tertiary/aromatic N) is 1. The van der Waals surface area contributed by atoms with Crippen LogP contribution in [0.4, 0.5) is 0 Å². The van der Waals surface area contributed by atoms with E-state index in [2.05, 4.69) is 38.8 Å².